The molecule has 0 atom stereocenters. The molecular weight excluding hydrogens is 224 g/mol. The Labute approximate surface area is 111 Å². The fraction of sp³-hybridized carbons (Fsp3) is 0.714. The topological polar surface area (TPSA) is 55.0 Å². The molecule has 0 radical (unpaired) electrons. The number of nitrogen functional groups attached to an aromatic ring is 1. The molecule has 0 bridgehead atoms. The van der Waals surface area contributed by atoms with E-state index in [4.69, 9.17) is 5.73 Å². The van der Waals surface area contributed by atoms with Crippen LogP contribution in [0, 0.1) is 6.92 Å². The number of hydrogen-bond acceptors (Lipinski definition) is 4. The van der Waals surface area contributed by atoms with Gasteiger partial charge in [0, 0.05) is 17.8 Å². The van der Waals surface area contributed by atoms with Crippen LogP contribution in [-0.2, 0) is 6.54 Å². The van der Waals surface area contributed by atoms with Gasteiger partial charge >= 0.3 is 0 Å². The summed E-state index contributed by atoms with van der Waals surface area (Å²) in [5.41, 5.74) is 6.70. The second kappa shape index (κ2) is 7.31. The Kier molecular flexibility index (Phi) is 6.05. The molecule has 1 rings (SSSR count). The molecule has 0 fully saturated rings. The fourth-order valence-electron chi connectivity index (χ4n) is 1.99. The second-order valence-corrected chi connectivity index (χ2v) is 5.12. The van der Waals surface area contributed by atoms with Crippen LogP contribution in [0.2, 0.25) is 0 Å². The lowest BCUT2D eigenvalue weighted by Crippen LogP contribution is -2.32. The van der Waals surface area contributed by atoms with Crippen molar-refractivity contribution in [2.75, 3.05) is 12.3 Å². The van der Waals surface area contributed by atoms with E-state index in [9.17, 15) is 0 Å². The molecule has 4 heteroatoms. The summed E-state index contributed by atoms with van der Waals surface area (Å²) >= 11 is 0. The molecule has 102 valence electrons. The first-order valence-electron chi connectivity index (χ1n) is 6.87. The third-order valence-corrected chi connectivity index (χ3v) is 3.04. The van der Waals surface area contributed by atoms with Gasteiger partial charge in [0.2, 0.25) is 0 Å². The van der Waals surface area contributed by atoms with Gasteiger partial charge in [-0.15, -0.1) is 0 Å². The lowest BCUT2D eigenvalue weighted by molar-refractivity contribution is 0.203. The van der Waals surface area contributed by atoms with Crippen molar-refractivity contribution in [3.63, 3.8) is 0 Å². The fourth-order valence-corrected chi connectivity index (χ4v) is 1.99. The van der Waals surface area contributed by atoms with Gasteiger partial charge in [-0.2, -0.15) is 0 Å². The Morgan fingerprint density at radius 2 is 2.00 bits per heavy atom. The Morgan fingerprint density at radius 1 is 1.28 bits per heavy atom. The molecule has 0 aromatic carbocycles. The number of aryl methyl sites for hydroxylation is 1. The van der Waals surface area contributed by atoms with Crippen LogP contribution < -0.4 is 5.73 Å². The molecular formula is C14H26N4. The quantitative estimate of drug-likeness (QED) is 0.756. The van der Waals surface area contributed by atoms with Crippen molar-refractivity contribution >= 4 is 5.82 Å². The minimum Gasteiger partial charge on any atom is -0.384 e. The summed E-state index contributed by atoms with van der Waals surface area (Å²) in [6, 6.07) is 2.31. The summed E-state index contributed by atoms with van der Waals surface area (Å²) in [6.45, 7) is 10.5. The van der Waals surface area contributed by atoms with Crippen molar-refractivity contribution in [3.05, 3.63) is 17.6 Å². The zero-order valence-corrected chi connectivity index (χ0v) is 12.1. The predicted molar refractivity (Wildman–Crippen MR) is 76.3 cm³/mol. The van der Waals surface area contributed by atoms with Crippen molar-refractivity contribution in [2.24, 2.45) is 0 Å². The van der Waals surface area contributed by atoms with E-state index in [1.54, 1.807) is 6.07 Å². The molecule has 18 heavy (non-hydrogen) atoms. The smallest absolute Gasteiger partial charge is 0.144 e. The van der Waals surface area contributed by atoms with E-state index in [-0.39, 0.29) is 0 Å². The van der Waals surface area contributed by atoms with Gasteiger partial charge in [0.15, 0.2) is 0 Å². The maximum atomic E-state index is 5.76. The minimum atomic E-state index is 0.507. The molecule has 0 amide bonds. The SMILES string of the molecule is CCCCCN(Cc1nc(C)cc(N)n1)C(C)C. The Bertz CT molecular complexity index is 343. The average Bonchev–Trinajstić information content (AvgIpc) is 2.26. The lowest BCUT2D eigenvalue weighted by atomic mass is 10.2. The van der Waals surface area contributed by atoms with E-state index in [2.05, 4.69) is 35.6 Å². The molecule has 1 aromatic heterocycles. The van der Waals surface area contributed by atoms with Crippen molar-refractivity contribution in [2.45, 2.75) is 59.5 Å². The van der Waals surface area contributed by atoms with Gasteiger partial charge in [-0.1, -0.05) is 19.8 Å². The van der Waals surface area contributed by atoms with Crippen molar-refractivity contribution in [1.82, 2.24) is 14.9 Å². The highest BCUT2D eigenvalue weighted by Crippen LogP contribution is 2.09. The summed E-state index contributed by atoms with van der Waals surface area (Å²) in [7, 11) is 0. The number of anilines is 1. The largest absolute Gasteiger partial charge is 0.384 e. The van der Waals surface area contributed by atoms with E-state index < -0.39 is 0 Å². The molecule has 0 aliphatic rings. The molecule has 1 heterocycles. The Hall–Kier alpha value is -1.16. The average molecular weight is 250 g/mol. The predicted octanol–water partition coefficient (Wildman–Crippen LogP) is 2.77. The Balaban J connectivity index is 2.64. The van der Waals surface area contributed by atoms with Crippen LogP contribution in [0.1, 0.15) is 51.6 Å². The van der Waals surface area contributed by atoms with E-state index in [0.717, 1.165) is 24.6 Å². The van der Waals surface area contributed by atoms with E-state index in [1.165, 1.54) is 19.3 Å². The van der Waals surface area contributed by atoms with Gasteiger partial charge in [0.05, 0.1) is 6.54 Å². The van der Waals surface area contributed by atoms with Crippen LogP contribution in [0.15, 0.2) is 6.07 Å². The summed E-state index contributed by atoms with van der Waals surface area (Å²) in [5, 5.41) is 0. The highest BCUT2D eigenvalue weighted by Gasteiger charge is 2.12. The zero-order valence-electron chi connectivity index (χ0n) is 12.1. The molecule has 0 spiro atoms. The lowest BCUT2D eigenvalue weighted by Gasteiger charge is -2.25. The van der Waals surface area contributed by atoms with Crippen LogP contribution in [0.4, 0.5) is 5.82 Å². The number of nitrogens with zero attached hydrogens (tertiary/aromatic N) is 3. The molecule has 4 nitrogen and oxygen atoms in total. The summed E-state index contributed by atoms with van der Waals surface area (Å²) in [6.07, 6.45) is 3.76. The highest BCUT2D eigenvalue weighted by atomic mass is 15.2. The van der Waals surface area contributed by atoms with Gasteiger partial charge in [-0.05, 0) is 33.7 Å². The number of aromatic nitrogens is 2. The number of hydrogen-bond donors (Lipinski definition) is 1. The van der Waals surface area contributed by atoms with Crippen molar-refractivity contribution < 1.29 is 0 Å². The molecule has 1 aromatic rings. The first-order chi connectivity index (χ1) is 8.52. The molecule has 0 aliphatic carbocycles. The van der Waals surface area contributed by atoms with E-state index in [1.807, 2.05) is 6.92 Å². The van der Waals surface area contributed by atoms with Gasteiger partial charge in [-0.25, -0.2) is 9.97 Å². The summed E-state index contributed by atoms with van der Waals surface area (Å²) < 4.78 is 0. The van der Waals surface area contributed by atoms with Crippen molar-refractivity contribution in [3.8, 4) is 0 Å². The normalized spacial score (nSPS) is 11.4. The summed E-state index contributed by atoms with van der Waals surface area (Å²) in [4.78, 5) is 11.2. The summed E-state index contributed by atoms with van der Waals surface area (Å²) in [5.74, 6) is 1.40. The van der Waals surface area contributed by atoms with Crippen LogP contribution >= 0.6 is 0 Å². The molecule has 0 saturated carbocycles. The first kappa shape index (κ1) is 14.9. The third-order valence-electron chi connectivity index (χ3n) is 3.04. The number of rotatable bonds is 7. The van der Waals surface area contributed by atoms with Crippen molar-refractivity contribution in [1.29, 1.82) is 0 Å². The first-order valence-corrected chi connectivity index (χ1v) is 6.87. The second-order valence-electron chi connectivity index (χ2n) is 5.12. The zero-order chi connectivity index (χ0) is 13.5. The number of unbranched alkanes of at least 4 members (excludes halogenated alkanes) is 2. The van der Waals surface area contributed by atoms with Gasteiger partial charge < -0.3 is 5.73 Å². The van der Waals surface area contributed by atoms with Gasteiger partial charge in [-0.3, -0.25) is 4.90 Å². The molecule has 2 N–H and O–H groups in total. The van der Waals surface area contributed by atoms with Crippen LogP contribution in [-0.4, -0.2) is 27.5 Å². The monoisotopic (exact) mass is 250 g/mol. The minimum absolute atomic E-state index is 0.507. The van der Waals surface area contributed by atoms with E-state index in [0.29, 0.717) is 11.9 Å². The Morgan fingerprint density at radius 3 is 2.56 bits per heavy atom. The third kappa shape index (κ3) is 5.00. The van der Waals surface area contributed by atoms with Gasteiger partial charge in [0.25, 0.3) is 0 Å². The van der Waals surface area contributed by atoms with Crippen LogP contribution in [0.5, 0.6) is 0 Å². The maximum absolute atomic E-state index is 5.76. The van der Waals surface area contributed by atoms with Crippen LogP contribution in [0.25, 0.3) is 0 Å². The number of nitrogens with two attached hydrogens (primary N) is 1. The standard InChI is InChI=1S/C14H26N4/c1-5-6-7-8-18(11(2)3)10-14-16-12(4)9-13(15)17-14/h9,11H,5-8,10H2,1-4H3,(H2,15,16,17). The molecule has 0 saturated heterocycles. The molecule has 0 aliphatic heterocycles. The molecule has 0 unspecified atom stereocenters. The highest BCUT2D eigenvalue weighted by molar-refractivity contribution is 5.29. The van der Waals surface area contributed by atoms with E-state index >= 15 is 0 Å². The van der Waals surface area contributed by atoms with Gasteiger partial charge in [0.1, 0.15) is 11.6 Å². The van der Waals surface area contributed by atoms with Crippen LogP contribution in [0.3, 0.4) is 0 Å². The maximum Gasteiger partial charge on any atom is 0.144 e.